The molecule has 0 bridgehead atoms. The van der Waals surface area contributed by atoms with Gasteiger partial charge in [-0.2, -0.15) is 0 Å². The van der Waals surface area contributed by atoms with E-state index < -0.39 is 7.82 Å². The number of halogens is 1. The molecule has 2 aromatic heterocycles. The van der Waals surface area contributed by atoms with Gasteiger partial charge in [-0.1, -0.05) is 43.7 Å². The largest absolute Gasteiger partial charge is 0.524 e. The monoisotopic (exact) mass is 544 g/mol. The highest BCUT2D eigenvalue weighted by Crippen LogP contribution is 2.42. The predicted molar refractivity (Wildman–Crippen MR) is 145 cm³/mol. The number of hydrogen-bond donors (Lipinski definition) is 3. The van der Waals surface area contributed by atoms with Gasteiger partial charge in [0.1, 0.15) is 22.9 Å². The Kier molecular flexibility index (Phi) is 8.19. The van der Waals surface area contributed by atoms with Gasteiger partial charge in [-0.15, -0.1) is 11.6 Å². The molecule has 0 fully saturated rings. The minimum absolute atomic E-state index is 0.0834. The molecule has 0 atom stereocenters. The van der Waals surface area contributed by atoms with Gasteiger partial charge >= 0.3 is 7.82 Å². The number of anilines is 1. The summed E-state index contributed by atoms with van der Waals surface area (Å²) in [7, 11) is -4.80. The van der Waals surface area contributed by atoms with Crippen LogP contribution in [0.1, 0.15) is 48.7 Å². The van der Waals surface area contributed by atoms with Crippen LogP contribution in [0, 0.1) is 6.92 Å². The molecule has 0 unspecified atom stereocenters. The van der Waals surface area contributed by atoms with Crippen LogP contribution in [0.25, 0.3) is 21.9 Å². The van der Waals surface area contributed by atoms with Crippen LogP contribution < -0.4 is 10.3 Å². The molecule has 37 heavy (non-hydrogen) atoms. The van der Waals surface area contributed by atoms with Gasteiger partial charge in [0.15, 0.2) is 5.82 Å². The summed E-state index contributed by atoms with van der Waals surface area (Å²) in [4.78, 5) is 40.2. The quantitative estimate of drug-likeness (QED) is 0.175. The number of alkyl halides is 1. The highest BCUT2D eigenvalue weighted by atomic mass is 35.5. The Bertz CT molecular complexity index is 1510. The molecule has 4 rings (SSSR count). The molecule has 4 N–H and O–H groups in total. The fourth-order valence-electron chi connectivity index (χ4n) is 4.58. The van der Waals surface area contributed by atoms with E-state index in [2.05, 4.69) is 16.5 Å². The number of hydrogen-bond acceptors (Lipinski definition) is 6. The molecule has 0 aliphatic rings. The van der Waals surface area contributed by atoms with Crippen LogP contribution in [0.2, 0.25) is 0 Å². The summed E-state index contributed by atoms with van der Waals surface area (Å²) >= 11 is 5.67. The summed E-state index contributed by atoms with van der Waals surface area (Å²) in [5.74, 6) is 1.04. The number of unbranched alkanes of at least 4 members (excludes halogenated alkanes) is 1. The zero-order valence-corrected chi connectivity index (χ0v) is 22.4. The molecule has 0 saturated carbocycles. The zero-order chi connectivity index (χ0) is 26.7. The Morgan fingerprint density at radius 3 is 2.65 bits per heavy atom. The number of benzene rings is 2. The van der Waals surface area contributed by atoms with Gasteiger partial charge < -0.3 is 14.8 Å². The first-order valence-corrected chi connectivity index (χ1v) is 14.2. The molecule has 9 nitrogen and oxygen atoms in total. The third-order valence-corrected chi connectivity index (χ3v) is 6.95. The van der Waals surface area contributed by atoms with Crippen LogP contribution in [0.5, 0.6) is 5.75 Å². The number of nitrogen functional groups attached to an aromatic ring is 1. The van der Waals surface area contributed by atoms with Gasteiger partial charge in [-0.3, -0.25) is 14.6 Å². The first-order valence-electron chi connectivity index (χ1n) is 12.1. The number of phosphoric acid groups is 1. The van der Waals surface area contributed by atoms with Crippen molar-refractivity contribution in [2.45, 2.75) is 52.5 Å². The fraction of sp³-hybridized carbons (Fsp3) is 0.346. The van der Waals surface area contributed by atoms with Crippen molar-refractivity contribution in [3.8, 4) is 5.75 Å². The third kappa shape index (κ3) is 6.13. The number of carbonyl (C=O) groups is 1. The normalized spacial score (nSPS) is 11.9. The number of aromatic nitrogens is 3. The molecule has 2 aromatic carbocycles. The summed E-state index contributed by atoms with van der Waals surface area (Å²) in [6.45, 7) is 4.29. The molecule has 0 amide bonds. The lowest BCUT2D eigenvalue weighted by atomic mass is 10.00. The molecule has 2 heterocycles. The second-order valence-corrected chi connectivity index (χ2v) is 10.5. The number of fused-ring (bicyclic) bond motifs is 3. The van der Waals surface area contributed by atoms with E-state index in [1.165, 1.54) is 0 Å². The number of aryl methyl sites for hydroxylation is 3. The molecule has 11 heteroatoms. The first-order chi connectivity index (χ1) is 17.6. The number of ketones is 1. The van der Waals surface area contributed by atoms with E-state index in [1.54, 1.807) is 6.92 Å². The van der Waals surface area contributed by atoms with E-state index in [9.17, 15) is 19.1 Å². The molecule has 0 spiro atoms. The van der Waals surface area contributed by atoms with E-state index in [0.29, 0.717) is 29.0 Å². The van der Waals surface area contributed by atoms with Crippen LogP contribution in [0.15, 0.2) is 36.4 Å². The topological polar surface area (TPSA) is 141 Å². The standard InChI is InChI=1S/C26H30ClN4O5P/c1-3-4-9-22-30-23-24(20-7-5-6-8-21(20)29-26(23)28)31(22)15-17-12-16(2)25(36-37(33,34)35)18(13-17)10-11-19(32)14-27/h5-8,12-13H,3-4,9-11,14-15H2,1-2H3,(H2,28,29)(H2,33,34,35). The molecule has 4 aromatic rings. The third-order valence-electron chi connectivity index (χ3n) is 6.23. The van der Waals surface area contributed by atoms with Crippen molar-refractivity contribution in [3.05, 3.63) is 58.9 Å². The zero-order valence-electron chi connectivity index (χ0n) is 20.8. The van der Waals surface area contributed by atoms with Crippen molar-refractivity contribution in [3.63, 3.8) is 0 Å². The van der Waals surface area contributed by atoms with Crippen molar-refractivity contribution in [2.75, 3.05) is 11.6 Å². The van der Waals surface area contributed by atoms with Gasteiger partial charge in [0, 0.05) is 24.8 Å². The molecule has 0 aliphatic heterocycles. The Labute approximate surface area is 219 Å². The van der Waals surface area contributed by atoms with Gasteiger partial charge in [-0.05, 0) is 42.5 Å². The summed E-state index contributed by atoms with van der Waals surface area (Å²) in [6.07, 6.45) is 3.09. The second kappa shape index (κ2) is 11.2. The molecule has 0 aliphatic carbocycles. The molecule has 0 radical (unpaired) electrons. The highest BCUT2D eigenvalue weighted by molar-refractivity contribution is 7.46. The van der Waals surface area contributed by atoms with Crippen molar-refractivity contribution < 1.29 is 23.7 Å². The minimum atomic E-state index is -4.80. The average molecular weight is 545 g/mol. The van der Waals surface area contributed by atoms with Crippen LogP contribution >= 0.6 is 19.4 Å². The Hall–Kier alpha value is -2.97. The maximum atomic E-state index is 11.9. The number of Topliss-reactive ketones (excluding diaryl/α,β-unsaturated/α-hetero) is 1. The Morgan fingerprint density at radius 2 is 1.95 bits per heavy atom. The lowest BCUT2D eigenvalue weighted by Crippen LogP contribution is -2.09. The van der Waals surface area contributed by atoms with Crippen LogP contribution in [0.4, 0.5) is 5.82 Å². The molecular weight excluding hydrogens is 515 g/mol. The number of imidazole rings is 1. The highest BCUT2D eigenvalue weighted by Gasteiger charge is 2.23. The van der Waals surface area contributed by atoms with Crippen LogP contribution in [-0.4, -0.2) is 36.0 Å². The molecule has 196 valence electrons. The van der Waals surface area contributed by atoms with Crippen LogP contribution in [0.3, 0.4) is 0 Å². The SMILES string of the molecule is CCCCc1nc2c(N)nc3ccccc3c2n1Cc1cc(C)c(OP(=O)(O)O)c(CCC(=O)CCl)c1. The fourth-order valence-corrected chi connectivity index (χ4v) is 5.21. The van der Waals surface area contributed by atoms with Gasteiger partial charge in [0.25, 0.3) is 0 Å². The second-order valence-electron chi connectivity index (χ2n) is 9.08. The maximum Gasteiger partial charge on any atom is 0.524 e. The molecular formula is C26H30ClN4O5P. The van der Waals surface area contributed by atoms with E-state index in [4.69, 9.17) is 26.8 Å². The van der Waals surface area contributed by atoms with Gasteiger partial charge in [0.2, 0.25) is 0 Å². The number of nitrogens with two attached hydrogens (primary N) is 1. The van der Waals surface area contributed by atoms with Crippen LogP contribution in [-0.2, 0) is 28.7 Å². The van der Waals surface area contributed by atoms with E-state index in [0.717, 1.165) is 47.1 Å². The lowest BCUT2D eigenvalue weighted by Gasteiger charge is -2.18. The summed E-state index contributed by atoms with van der Waals surface area (Å²) < 4.78 is 18.8. The van der Waals surface area contributed by atoms with Gasteiger partial charge in [-0.25, -0.2) is 14.5 Å². The Morgan fingerprint density at radius 1 is 1.19 bits per heavy atom. The summed E-state index contributed by atoms with van der Waals surface area (Å²) in [5, 5.41) is 0.938. The number of rotatable bonds is 11. The van der Waals surface area contributed by atoms with Crippen molar-refractivity contribution in [1.82, 2.24) is 14.5 Å². The number of phosphoric ester groups is 1. The first kappa shape index (κ1) is 27.1. The smallest absolute Gasteiger partial charge is 0.404 e. The van der Waals surface area contributed by atoms with E-state index >= 15 is 0 Å². The minimum Gasteiger partial charge on any atom is -0.404 e. The average Bonchev–Trinajstić information content (AvgIpc) is 3.21. The Balaban J connectivity index is 1.86. The van der Waals surface area contributed by atoms with Crippen molar-refractivity contribution in [2.24, 2.45) is 0 Å². The predicted octanol–water partition coefficient (Wildman–Crippen LogP) is 5.08. The number of nitrogens with zero attached hydrogens (tertiary/aromatic N) is 3. The number of carbonyl (C=O) groups excluding carboxylic acids is 1. The molecule has 0 saturated heterocycles. The summed E-state index contributed by atoms with van der Waals surface area (Å²) in [5.41, 5.74) is 10.6. The van der Waals surface area contributed by atoms with E-state index in [-0.39, 0.29) is 30.3 Å². The number of para-hydroxylation sites is 1. The summed E-state index contributed by atoms with van der Waals surface area (Å²) in [6, 6.07) is 11.4. The van der Waals surface area contributed by atoms with E-state index in [1.807, 2.05) is 36.4 Å². The lowest BCUT2D eigenvalue weighted by molar-refractivity contribution is -0.116. The number of pyridine rings is 1. The van der Waals surface area contributed by atoms with Crippen molar-refractivity contribution >= 4 is 53.0 Å². The maximum absolute atomic E-state index is 11.9. The van der Waals surface area contributed by atoms with Crippen molar-refractivity contribution in [1.29, 1.82) is 0 Å². The van der Waals surface area contributed by atoms with Gasteiger partial charge in [0.05, 0.1) is 16.9 Å².